The van der Waals surface area contributed by atoms with Gasteiger partial charge in [-0.3, -0.25) is 9.69 Å². The number of esters is 1. The Morgan fingerprint density at radius 1 is 1.32 bits per heavy atom. The fourth-order valence-corrected chi connectivity index (χ4v) is 5.57. The number of amides is 1. The highest BCUT2D eigenvalue weighted by atomic mass is 16.6. The largest absolute Gasteiger partial charge is 0.461 e. The Bertz CT molecular complexity index is 1220. The highest BCUT2D eigenvalue weighted by Crippen LogP contribution is 2.40. The van der Waals surface area contributed by atoms with Crippen LogP contribution in [0.25, 0.3) is 5.57 Å². The second-order valence-corrected chi connectivity index (χ2v) is 11.0. The first-order chi connectivity index (χ1) is 19.3. The summed E-state index contributed by atoms with van der Waals surface area (Å²) in [6.07, 6.45) is 13.6. The number of hydrogen-bond donors (Lipinski definition) is 2. The SMILES string of the molecule is CNCCC(C)C(C)C(=O)OCC1OC(=O)N2c3ccc(C4=CC=C(CCC=NN=N)C(C)CC=C4)cc3CC12. The molecule has 1 aliphatic carbocycles. The summed E-state index contributed by atoms with van der Waals surface area (Å²) >= 11 is 0. The molecule has 1 fully saturated rings. The second kappa shape index (κ2) is 13.7. The minimum absolute atomic E-state index is 0.0654. The highest BCUT2D eigenvalue weighted by Gasteiger charge is 2.48. The number of nitrogens with one attached hydrogen (secondary N) is 2. The van der Waals surface area contributed by atoms with Crippen LogP contribution >= 0.6 is 0 Å². The van der Waals surface area contributed by atoms with Gasteiger partial charge in [0.05, 0.1) is 17.6 Å². The molecule has 9 heteroatoms. The Labute approximate surface area is 236 Å². The smallest absolute Gasteiger partial charge is 0.415 e. The van der Waals surface area contributed by atoms with Crippen LogP contribution in [0, 0.1) is 23.3 Å². The minimum atomic E-state index is -0.494. The van der Waals surface area contributed by atoms with Gasteiger partial charge in [0.25, 0.3) is 0 Å². The van der Waals surface area contributed by atoms with E-state index >= 15 is 0 Å². The monoisotopic (exact) mass is 547 g/mol. The molecular weight excluding hydrogens is 506 g/mol. The third kappa shape index (κ3) is 6.75. The summed E-state index contributed by atoms with van der Waals surface area (Å²) in [5, 5.41) is 9.80. The van der Waals surface area contributed by atoms with Gasteiger partial charge in [0.1, 0.15) is 6.61 Å². The number of carbonyl (C=O) groups is 2. The fraction of sp³-hybridized carbons (Fsp3) is 0.516. The third-order valence-electron chi connectivity index (χ3n) is 8.37. The van der Waals surface area contributed by atoms with E-state index in [-0.39, 0.29) is 36.5 Å². The van der Waals surface area contributed by atoms with Crippen LogP contribution in [0.15, 0.2) is 58.4 Å². The minimum Gasteiger partial charge on any atom is -0.461 e. The first-order valence-corrected chi connectivity index (χ1v) is 14.2. The highest BCUT2D eigenvalue weighted by molar-refractivity contribution is 5.94. The van der Waals surface area contributed by atoms with Gasteiger partial charge in [0.15, 0.2) is 6.10 Å². The van der Waals surface area contributed by atoms with Crippen molar-refractivity contribution in [2.24, 2.45) is 28.1 Å². The summed E-state index contributed by atoms with van der Waals surface area (Å²) in [5.74, 6) is 0.152. The van der Waals surface area contributed by atoms with Gasteiger partial charge in [0.2, 0.25) is 0 Å². The van der Waals surface area contributed by atoms with Crippen molar-refractivity contribution in [2.75, 3.05) is 25.1 Å². The molecule has 214 valence electrons. The molecule has 2 heterocycles. The molecule has 0 spiro atoms. The molecule has 5 atom stereocenters. The van der Waals surface area contributed by atoms with Crippen molar-refractivity contribution in [1.82, 2.24) is 5.32 Å². The third-order valence-corrected chi connectivity index (χ3v) is 8.37. The Kier molecular flexibility index (Phi) is 10.0. The van der Waals surface area contributed by atoms with Crippen LogP contribution in [0.3, 0.4) is 0 Å². The maximum absolute atomic E-state index is 12.8. The van der Waals surface area contributed by atoms with Crippen molar-refractivity contribution < 1.29 is 19.1 Å². The zero-order chi connectivity index (χ0) is 28.6. The Balaban J connectivity index is 1.44. The van der Waals surface area contributed by atoms with E-state index in [0.29, 0.717) is 12.3 Å². The lowest BCUT2D eigenvalue weighted by molar-refractivity contribution is -0.152. The maximum atomic E-state index is 12.8. The first-order valence-electron chi connectivity index (χ1n) is 14.2. The van der Waals surface area contributed by atoms with Gasteiger partial charge in [-0.05, 0) is 86.4 Å². The lowest BCUT2D eigenvalue weighted by Crippen LogP contribution is -2.37. The molecule has 40 heavy (non-hydrogen) atoms. The van der Waals surface area contributed by atoms with Crippen molar-refractivity contribution in [3.8, 4) is 0 Å². The van der Waals surface area contributed by atoms with Crippen LogP contribution in [0.4, 0.5) is 10.5 Å². The van der Waals surface area contributed by atoms with Gasteiger partial charge in [-0.15, -0.1) is 5.10 Å². The summed E-state index contributed by atoms with van der Waals surface area (Å²) in [5.41, 5.74) is 12.3. The average molecular weight is 548 g/mol. The van der Waals surface area contributed by atoms with Crippen molar-refractivity contribution in [1.29, 1.82) is 5.53 Å². The van der Waals surface area contributed by atoms with E-state index in [1.807, 2.05) is 26.1 Å². The summed E-state index contributed by atoms with van der Waals surface area (Å²) < 4.78 is 11.3. The van der Waals surface area contributed by atoms with Gasteiger partial charge < -0.3 is 14.8 Å². The van der Waals surface area contributed by atoms with Crippen molar-refractivity contribution in [3.05, 3.63) is 59.2 Å². The van der Waals surface area contributed by atoms with E-state index in [0.717, 1.165) is 54.6 Å². The van der Waals surface area contributed by atoms with Crippen LogP contribution in [-0.4, -0.2) is 50.6 Å². The molecule has 1 saturated heterocycles. The molecule has 2 aliphatic heterocycles. The van der Waals surface area contributed by atoms with E-state index in [2.05, 4.69) is 59.9 Å². The molecule has 0 saturated carbocycles. The molecule has 1 aromatic rings. The van der Waals surface area contributed by atoms with Crippen LogP contribution in [0.1, 0.15) is 57.6 Å². The van der Waals surface area contributed by atoms with Crippen LogP contribution in [0.2, 0.25) is 0 Å². The van der Waals surface area contributed by atoms with E-state index in [4.69, 9.17) is 15.0 Å². The van der Waals surface area contributed by atoms with Crippen LogP contribution in [-0.2, 0) is 20.7 Å². The number of allylic oxidation sites excluding steroid dienone is 6. The van der Waals surface area contributed by atoms with Crippen LogP contribution < -0.4 is 10.2 Å². The van der Waals surface area contributed by atoms with E-state index < -0.39 is 6.10 Å². The molecule has 5 unspecified atom stereocenters. The Morgan fingerprint density at radius 2 is 2.15 bits per heavy atom. The summed E-state index contributed by atoms with van der Waals surface area (Å²) in [4.78, 5) is 27.2. The molecule has 0 bridgehead atoms. The number of rotatable bonds is 12. The number of anilines is 1. The van der Waals surface area contributed by atoms with Gasteiger partial charge >= 0.3 is 12.1 Å². The lowest BCUT2D eigenvalue weighted by Gasteiger charge is -2.21. The van der Waals surface area contributed by atoms with E-state index in [1.165, 1.54) is 5.57 Å². The predicted octanol–water partition coefficient (Wildman–Crippen LogP) is 6.06. The summed E-state index contributed by atoms with van der Waals surface area (Å²) in [7, 11) is 1.90. The maximum Gasteiger partial charge on any atom is 0.415 e. The second-order valence-electron chi connectivity index (χ2n) is 11.0. The molecule has 0 radical (unpaired) electrons. The normalized spacial score (nSPS) is 23.4. The molecular formula is C31H41N5O4. The predicted molar refractivity (Wildman–Crippen MR) is 156 cm³/mol. The van der Waals surface area contributed by atoms with Gasteiger partial charge in [0, 0.05) is 6.21 Å². The number of carbonyl (C=O) groups excluding carboxylic acids is 2. The summed E-state index contributed by atoms with van der Waals surface area (Å²) in [6.45, 7) is 7.08. The van der Waals surface area contributed by atoms with E-state index in [9.17, 15) is 9.59 Å². The van der Waals surface area contributed by atoms with Crippen molar-refractivity contribution in [3.63, 3.8) is 0 Å². The molecule has 2 N–H and O–H groups in total. The molecule has 3 aliphatic rings. The van der Waals surface area contributed by atoms with Gasteiger partial charge in [-0.2, -0.15) is 5.53 Å². The van der Waals surface area contributed by atoms with E-state index in [1.54, 1.807) is 11.1 Å². The van der Waals surface area contributed by atoms with Crippen molar-refractivity contribution >= 4 is 29.5 Å². The standard InChI is InChI=1S/C31H41N5O4/c1-20(14-16-33-4)22(3)30(37)39-19-29-28-18-26-17-25(12-13-27(26)36(28)31(38)40-29)24-8-5-7-21(2)23(10-11-24)9-6-15-34-35-32/h5,8,10-13,15,17,20-22,28-29,32-33H,6-7,9,14,16,18-19H2,1-4H3. The zero-order valence-electron chi connectivity index (χ0n) is 23.9. The van der Waals surface area contributed by atoms with Crippen LogP contribution in [0.5, 0.6) is 0 Å². The number of hydrogen-bond acceptors (Lipinski definition) is 7. The summed E-state index contributed by atoms with van der Waals surface area (Å²) in [6, 6.07) is 6.02. The number of benzene rings is 1. The number of ether oxygens (including phenoxy) is 2. The number of fused-ring (bicyclic) bond motifs is 3. The molecule has 4 rings (SSSR count). The first kappa shape index (κ1) is 29.4. The van der Waals surface area contributed by atoms with Gasteiger partial charge in [-0.25, -0.2) is 4.79 Å². The molecule has 0 aromatic heterocycles. The molecule has 9 nitrogen and oxygen atoms in total. The number of nitrogens with zero attached hydrogens (tertiary/aromatic N) is 3. The zero-order valence-corrected chi connectivity index (χ0v) is 23.9. The number of cyclic esters (lactones) is 1. The average Bonchev–Trinajstić information content (AvgIpc) is 3.47. The van der Waals surface area contributed by atoms with Gasteiger partial charge in [-0.1, -0.05) is 61.9 Å². The topological polar surface area (TPSA) is 116 Å². The Morgan fingerprint density at radius 3 is 2.92 bits per heavy atom. The lowest BCUT2D eigenvalue weighted by atomic mass is 9.90. The molecule has 1 amide bonds. The van der Waals surface area contributed by atoms with Crippen molar-refractivity contribution in [2.45, 2.75) is 65.0 Å². The Hall–Kier alpha value is -3.59. The quantitative estimate of drug-likeness (QED) is 0.143. The molecule has 1 aromatic carbocycles. The fourth-order valence-electron chi connectivity index (χ4n) is 5.57.